The zero-order valence-electron chi connectivity index (χ0n) is 11.3. The van der Waals surface area contributed by atoms with E-state index in [0.717, 1.165) is 12.1 Å². The van der Waals surface area contributed by atoms with Crippen LogP contribution in [0.1, 0.15) is 27.0 Å². The summed E-state index contributed by atoms with van der Waals surface area (Å²) in [5.74, 6) is -0.882. The van der Waals surface area contributed by atoms with Crippen LogP contribution in [0.25, 0.3) is 0 Å². The Labute approximate surface area is 125 Å². The highest BCUT2D eigenvalue weighted by atomic mass is 35.5. The summed E-state index contributed by atoms with van der Waals surface area (Å²) >= 11 is 0. The van der Waals surface area contributed by atoms with Crippen LogP contribution in [0.4, 0.5) is 0 Å². The van der Waals surface area contributed by atoms with Gasteiger partial charge in [-0.1, -0.05) is 48.0 Å². The summed E-state index contributed by atoms with van der Waals surface area (Å²) in [6.07, 6.45) is 0. The Balaban J connectivity index is 0.00000200. The van der Waals surface area contributed by atoms with Gasteiger partial charge in [-0.15, -0.1) is 12.4 Å². The van der Waals surface area contributed by atoms with E-state index in [4.69, 9.17) is 5.11 Å². The van der Waals surface area contributed by atoms with Crippen molar-refractivity contribution in [3.05, 3.63) is 70.8 Å². The largest absolute Gasteiger partial charge is 0.478 e. The van der Waals surface area contributed by atoms with E-state index >= 15 is 0 Å². The molecule has 0 unspecified atom stereocenters. The predicted molar refractivity (Wildman–Crippen MR) is 82.4 cm³/mol. The smallest absolute Gasteiger partial charge is 0.336 e. The first-order valence-corrected chi connectivity index (χ1v) is 6.24. The van der Waals surface area contributed by atoms with E-state index in [0.29, 0.717) is 12.1 Å². The number of carboxylic acids is 1. The number of hydrogen-bond donors (Lipinski definition) is 2. The average molecular weight is 292 g/mol. The molecule has 3 nitrogen and oxygen atoms in total. The van der Waals surface area contributed by atoms with Crippen LogP contribution in [0.3, 0.4) is 0 Å². The van der Waals surface area contributed by atoms with E-state index in [2.05, 4.69) is 36.5 Å². The number of carbonyl (C=O) groups is 1. The van der Waals surface area contributed by atoms with Crippen LogP contribution in [-0.2, 0) is 13.1 Å². The van der Waals surface area contributed by atoms with Gasteiger partial charge in [-0.05, 0) is 24.1 Å². The van der Waals surface area contributed by atoms with Crippen LogP contribution in [0.15, 0.2) is 48.5 Å². The molecular weight excluding hydrogens is 274 g/mol. The number of nitrogens with one attached hydrogen (secondary N) is 1. The van der Waals surface area contributed by atoms with Crippen LogP contribution in [0, 0.1) is 6.92 Å². The summed E-state index contributed by atoms with van der Waals surface area (Å²) in [5, 5.41) is 12.4. The molecule has 0 saturated carbocycles. The van der Waals surface area contributed by atoms with E-state index < -0.39 is 5.97 Å². The van der Waals surface area contributed by atoms with E-state index in [1.54, 1.807) is 12.1 Å². The van der Waals surface area contributed by atoms with Gasteiger partial charge >= 0.3 is 5.97 Å². The zero-order valence-corrected chi connectivity index (χ0v) is 12.1. The van der Waals surface area contributed by atoms with Crippen molar-refractivity contribution in [2.45, 2.75) is 20.0 Å². The highest BCUT2D eigenvalue weighted by Crippen LogP contribution is 2.09. The molecule has 4 heteroatoms. The fourth-order valence-electron chi connectivity index (χ4n) is 1.93. The van der Waals surface area contributed by atoms with Gasteiger partial charge in [-0.3, -0.25) is 0 Å². The van der Waals surface area contributed by atoms with Gasteiger partial charge in [-0.25, -0.2) is 4.79 Å². The highest BCUT2D eigenvalue weighted by Gasteiger charge is 2.07. The fourth-order valence-corrected chi connectivity index (χ4v) is 1.93. The third-order valence-corrected chi connectivity index (χ3v) is 3.01. The minimum atomic E-state index is -0.882. The van der Waals surface area contributed by atoms with Crippen molar-refractivity contribution in [1.82, 2.24) is 5.32 Å². The molecule has 0 aromatic heterocycles. The van der Waals surface area contributed by atoms with Crippen molar-refractivity contribution >= 4 is 18.4 Å². The molecule has 106 valence electrons. The van der Waals surface area contributed by atoms with E-state index in [-0.39, 0.29) is 12.4 Å². The normalized spacial score (nSPS) is 9.85. The Bertz CT molecular complexity index is 567. The molecule has 2 aromatic carbocycles. The molecule has 0 aliphatic carbocycles. The van der Waals surface area contributed by atoms with Crippen molar-refractivity contribution in [1.29, 1.82) is 0 Å². The Kier molecular flexibility index (Phi) is 6.22. The molecule has 0 radical (unpaired) electrons. The molecule has 0 amide bonds. The summed E-state index contributed by atoms with van der Waals surface area (Å²) < 4.78 is 0. The summed E-state index contributed by atoms with van der Waals surface area (Å²) in [7, 11) is 0. The van der Waals surface area contributed by atoms with E-state index in [1.165, 1.54) is 11.1 Å². The number of rotatable bonds is 5. The van der Waals surface area contributed by atoms with Gasteiger partial charge in [0.2, 0.25) is 0 Å². The molecule has 0 bridgehead atoms. The zero-order chi connectivity index (χ0) is 13.7. The third kappa shape index (κ3) is 4.37. The van der Waals surface area contributed by atoms with Gasteiger partial charge < -0.3 is 10.4 Å². The monoisotopic (exact) mass is 291 g/mol. The summed E-state index contributed by atoms with van der Waals surface area (Å²) in [5.41, 5.74) is 3.60. The first kappa shape index (κ1) is 16.2. The lowest BCUT2D eigenvalue weighted by Crippen LogP contribution is -2.15. The van der Waals surface area contributed by atoms with Crippen molar-refractivity contribution in [3.8, 4) is 0 Å². The third-order valence-electron chi connectivity index (χ3n) is 3.01. The van der Waals surface area contributed by atoms with Crippen molar-refractivity contribution < 1.29 is 9.90 Å². The maximum absolute atomic E-state index is 11.1. The fraction of sp³-hybridized carbons (Fsp3) is 0.188. The van der Waals surface area contributed by atoms with Crippen molar-refractivity contribution in [2.24, 2.45) is 0 Å². The Hall–Kier alpha value is -1.84. The number of benzene rings is 2. The van der Waals surface area contributed by atoms with Gasteiger partial charge in [0.05, 0.1) is 5.56 Å². The lowest BCUT2D eigenvalue weighted by atomic mass is 10.1. The van der Waals surface area contributed by atoms with Crippen LogP contribution >= 0.6 is 12.4 Å². The summed E-state index contributed by atoms with van der Waals surface area (Å²) in [4.78, 5) is 11.1. The molecule has 0 heterocycles. The first-order valence-electron chi connectivity index (χ1n) is 6.24. The molecule has 0 atom stereocenters. The molecule has 0 aliphatic heterocycles. The Morgan fingerprint density at radius 1 is 1.05 bits per heavy atom. The van der Waals surface area contributed by atoms with Crippen molar-refractivity contribution in [3.63, 3.8) is 0 Å². The van der Waals surface area contributed by atoms with Gasteiger partial charge in [-0.2, -0.15) is 0 Å². The number of hydrogen-bond acceptors (Lipinski definition) is 2. The highest BCUT2D eigenvalue weighted by molar-refractivity contribution is 5.89. The second-order valence-corrected chi connectivity index (χ2v) is 4.55. The summed E-state index contributed by atoms with van der Waals surface area (Å²) in [6, 6.07) is 15.4. The van der Waals surface area contributed by atoms with Crippen molar-refractivity contribution in [2.75, 3.05) is 0 Å². The van der Waals surface area contributed by atoms with E-state index in [1.807, 2.05) is 12.1 Å². The minimum absolute atomic E-state index is 0. The minimum Gasteiger partial charge on any atom is -0.478 e. The Morgan fingerprint density at radius 2 is 1.70 bits per heavy atom. The number of carboxylic acid groups (broad SMARTS) is 1. The number of halogens is 1. The van der Waals surface area contributed by atoms with Gasteiger partial charge in [0, 0.05) is 13.1 Å². The van der Waals surface area contributed by atoms with Crippen LogP contribution < -0.4 is 5.32 Å². The lowest BCUT2D eigenvalue weighted by molar-refractivity contribution is 0.0695. The van der Waals surface area contributed by atoms with Gasteiger partial charge in [0.15, 0.2) is 0 Å². The quantitative estimate of drug-likeness (QED) is 0.887. The Morgan fingerprint density at radius 3 is 2.35 bits per heavy atom. The standard InChI is InChI=1S/C16H17NO2.ClH/c1-12-6-8-13(9-7-12)10-17-11-14-4-2-3-5-15(14)16(18)19;/h2-9,17H,10-11H2,1H3,(H,18,19);1H. The second kappa shape index (κ2) is 7.68. The van der Waals surface area contributed by atoms with Gasteiger partial charge in [0.1, 0.15) is 0 Å². The number of aryl methyl sites for hydroxylation is 1. The van der Waals surface area contributed by atoms with Crippen LogP contribution in [0.5, 0.6) is 0 Å². The lowest BCUT2D eigenvalue weighted by Gasteiger charge is -2.08. The van der Waals surface area contributed by atoms with Crippen LogP contribution in [-0.4, -0.2) is 11.1 Å². The number of aromatic carboxylic acids is 1. The summed E-state index contributed by atoms with van der Waals surface area (Å²) in [6.45, 7) is 3.34. The van der Waals surface area contributed by atoms with Gasteiger partial charge in [0.25, 0.3) is 0 Å². The first-order chi connectivity index (χ1) is 9.16. The van der Waals surface area contributed by atoms with E-state index in [9.17, 15) is 4.79 Å². The SMILES string of the molecule is Cc1ccc(CNCc2ccccc2C(=O)O)cc1.Cl. The molecule has 2 aromatic rings. The average Bonchev–Trinajstić information content (AvgIpc) is 2.41. The molecule has 2 rings (SSSR count). The topological polar surface area (TPSA) is 49.3 Å². The molecule has 0 saturated heterocycles. The van der Waals surface area contributed by atoms with Crippen LogP contribution in [0.2, 0.25) is 0 Å². The molecule has 20 heavy (non-hydrogen) atoms. The second-order valence-electron chi connectivity index (χ2n) is 4.55. The molecular formula is C16H18ClNO2. The molecule has 0 spiro atoms. The predicted octanol–water partition coefficient (Wildman–Crippen LogP) is 3.40. The molecule has 0 fully saturated rings. The maximum atomic E-state index is 11.1. The molecule has 0 aliphatic rings. The maximum Gasteiger partial charge on any atom is 0.336 e. The molecule has 2 N–H and O–H groups in total.